The van der Waals surface area contributed by atoms with Crippen LogP contribution in [-0.4, -0.2) is 11.1 Å². The summed E-state index contributed by atoms with van der Waals surface area (Å²) in [5.74, 6) is 0.249. The van der Waals surface area contributed by atoms with Crippen LogP contribution >= 0.6 is 0 Å². The van der Waals surface area contributed by atoms with Crippen LogP contribution in [0.4, 0.5) is 0 Å². The minimum absolute atomic E-state index is 0.330. The fourth-order valence-corrected chi connectivity index (χ4v) is 2.87. The average molecular weight is 311 g/mol. The van der Waals surface area contributed by atoms with Gasteiger partial charge in [-0.05, 0) is 38.0 Å². The van der Waals surface area contributed by atoms with Crippen molar-refractivity contribution in [1.29, 1.82) is 0 Å². The van der Waals surface area contributed by atoms with E-state index in [2.05, 4.69) is 26.0 Å². The van der Waals surface area contributed by atoms with E-state index in [0.29, 0.717) is 6.42 Å². The van der Waals surface area contributed by atoms with Crippen LogP contribution in [0.1, 0.15) is 104 Å². The van der Waals surface area contributed by atoms with Gasteiger partial charge in [0.2, 0.25) is 0 Å². The highest BCUT2D eigenvalue weighted by atomic mass is 16.4. The van der Waals surface area contributed by atoms with E-state index < -0.39 is 5.97 Å². The molecule has 0 radical (unpaired) electrons. The zero-order chi connectivity index (χ0) is 16.5. The molecule has 2 nitrogen and oxygen atoms in total. The molecule has 1 N–H and O–H groups in total. The molecule has 0 amide bonds. The molecule has 0 aromatic rings. The van der Waals surface area contributed by atoms with Crippen molar-refractivity contribution in [1.82, 2.24) is 0 Å². The SMILES string of the molecule is CCC[C@H](C)CCCCC/C=C/CCCCCCCC(=O)O. The second-order valence-corrected chi connectivity index (χ2v) is 6.70. The average Bonchev–Trinajstić information content (AvgIpc) is 2.47. The molecule has 0 saturated carbocycles. The first-order valence-corrected chi connectivity index (χ1v) is 9.53. The van der Waals surface area contributed by atoms with Crippen molar-refractivity contribution in [2.75, 3.05) is 0 Å². The van der Waals surface area contributed by atoms with Gasteiger partial charge in [0.1, 0.15) is 0 Å². The summed E-state index contributed by atoms with van der Waals surface area (Å²) < 4.78 is 0. The van der Waals surface area contributed by atoms with Crippen LogP contribution in [0.5, 0.6) is 0 Å². The molecule has 0 aliphatic rings. The van der Waals surface area contributed by atoms with E-state index in [9.17, 15) is 4.79 Å². The normalized spacial score (nSPS) is 12.8. The Kier molecular flexibility index (Phi) is 16.0. The lowest BCUT2D eigenvalue weighted by atomic mass is 9.98. The lowest BCUT2D eigenvalue weighted by molar-refractivity contribution is -0.137. The number of carboxylic acid groups (broad SMARTS) is 1. The first-order valence-electron chi connectivity index (χ1n) is 9.53. The summed E-state index contributed by atoms with van der Waals surface area (Å²) in [6.45, 7) is 4.66. The van der Waals surface area contributed by atoms with Crippen LogP contribution < -0.4 is 0 Å². The Morgan fingerprint density at radius 3 is 2.00 bits per heavy atom. The first-order chi connectivity index (χ1) is 10.7. The summed E-state index contributed by atoms with van der Waals surface area (Å²) >= 11 is 0. The summed E-state index contributed by atoms with van der Waals surface area (Å²) in [6, 6.07) is 0. The molecule has 0 spiro atoms. The largest absolute Gasteiger partial charge is 0.481 e. The highest BCUT2D eigenvalue weighted by molar-refractivity contribution is 5.66. The fraction of sp³-hybridized carbons (Fsp3) is 0.850. The number of aliphatic carboxylic acids is 1. The van der Waals surface area contributed by atoms with Crippen LogP contribution in [0.25, 0.3) is 0 Å². The summed E-state index contributed by atoms with van der Waals surface area (Å²) in [6.07, 6.45) is 21.2. The van der Waals surface area contributed by atoms with E-state index in [1.165, 1.54) is 70.6 Å². The summed E-state index contributed by atoms with van der Waals surface area (Å²) in [5, 5.41) is 8.53. The number of carboxylic acids is 1. The van der Waals surface area contributed by atoms with Gasteiger partial charge in [-0.1, -0.05) is 77.4 Å². The van der Waals surface area contributed by atoms with Crippen molar-refractivity contribution in [3.05, 3.63) is 12.2 Å². The van der Waals surface area contributed by atoms with Gasteiger partial charge in [-0.25, -0.2) is 0 Å². The van der Waals surface area contributed by atoms with E-state index in [4.69, 9.17) is 5.11 Å². The van der Waals surface area contributed by atoms with Gasteiger partial charge in [0.25, 0.3) is 0 Å². The molecular weight excluding hydrogens is 272 g/mol. The van der Waals surface area contributed by atoms with Gasteiger partial charge in [0, 0.05) is 6.42 Å². The zero-order valence-electron chi connectivity index (χ0n) is 15.0. The zero-order valence-corrected chi connectivity index (χ0v) is 15.0. The summed E-state index contributed by atoms with van der Waals surface area (Å²) in [7, 11) is 0. The molecule has 0 aliphatic heterocycles. The predicted molar refractivity (Wildman–Crippen MR) is 96.3 cm³/mol. The molecule has 1 atom stereocenters. The van der Waals surface area contributed by atoms with Gasteiger partial charge >= 0.3 is 5.97 Å². The van der Waals surface area contributed by atoms with Crippen molar-refractivity contribution in [3.63, 3.8) is 0 Å². The molecule has 0 fully saturated rings. The van der Waals surface area contributed by atoms with E-state index in [0.717, 1.165) is 18.8 Å². The van der Waals surface area contributed by atoms with Crippen molar-refractivity contribution < 1.29 is 9.90 Å². The monoisotopic (exact) mass is 310 g/mol. The van der Waals surface area contributed by atoms with Crippen molar-refractivity contribution in [2.24, 2.45) is 5.92 Å². The molecule has 0 aromatic heterocycles. The van der Waals surface area contributed by atoms with E-state index in [-0.39, 0.29) is 0 Å². The Hall–Kier alpha value is -0.790. The standard InChI is InChI=1S/C20H38O2/c1-3-16-19(2)17-14-12-10-8-6-4-5-7-9-11-13-15-18-20(21)22/h4,6,19H,3,5,7-18H2,1-2H3,(H,21,22)/b6-4+/t19-/m0/s1. The van der Waals surface area contributed by atoms with Gasteiger partial charge < -0.3 is 5.11 Å². The number of carbonyl (C=O) groups is 1. The molecule has 130 valence electrons. The van der Waals surface area contributed by atoms with E-state index in [1.807, 2.05) is 0 Å². The maximum atomic E-state index is 10.4. The van der Waals surface area contributed by atoms with Crippen LogP contribution in [0.3, 0.4) is 0 Å². The van der Waals surface area contributed by atoms with Gasteiger partial charge in [-0.3, -0.25) is 4.79 Å². The highest BCUT2D eigenvalue weighted by Crippen LogP contribution is 2.15. The van der Waals surface area contributed by atoms with E-state index in [1.54, 1.807) is 0 Å². The van der Waals surface area contributed by atoms with Crippen LogP contribution in [0, 0.1) is 5.92 Å². The lowest BCUT2D eigenvalue weighted by Crippen LogP contribution is -1.93. The third-order valence-electron chi connectivity index (χ3n) is 4.28. The fourth-order valence-electron chi connectivity index (χ4n) is 2.87. The van der Waals surface area contributed by atoms with Crippen LogP contribution in [0.2, 0.25) is 0 Å². The summed E-state index contributed by atoms with van der Waals surface area (Å²) in [4.78, 5) is 10.4. The van der Waals surface area contributed by atoms with Crippen LogP contribution in [-0.2, 0) is 4.79 Å². The highest BCUT2D eigenvalue weighted by Gasteiger charge is 1.99. The molecule has 0 heterocycles. The number of hydrogen-bond donors (Lipinski definition) is 1. The molecule has 0 aromatic carbocycles. The molecule has 0 rings (SSSR count). The second kappa shape index (κ2) is 16.6. The molecular formula is C20H38O2. The smallest absolute Gasteiger partial charge is 0.303 e. The number of hydrogen-bond acceptors (Lipinski definition) is 1. The predicted octanol–water partition coefficient (Wildman–Crippen LogP) is 6.74. The number of unbranched alkanes of at least 4 members (excludes halogenated alkanes) is 8. The van der Waals surface area contributed by atoms with Gasteiger partial charge in [0.05, 0.1) is 0 Å². The minimum atomic E-state index is -0.664. The van der Waals surface area contributed by atoms with E-state index >= 15 is 0 Å². The molecule has 0 aliphatic carbocycles. The van der Waals surface area contributed by atoms with Crippen molar-refractivity contribution in [3.8, 4) is 0 Å². The van der Waals surface area contributed by atoms with Crippen LogP contribution in [0.15, 0.2) is 12.2 Å². The third kappa shape index (κ3) is 17.3. The third-order valence-corrected chi connectivity index (χ3v) is 4.28. The number of allylic oxidation sites excluding steroid dienone is 2. The van der Waals surface area contributed by atoms with Gasteiger partial charge in [-0.2, -0.15) is 0 Å². The van der Waals surface area contributed by atoms with Crippen molar-refractivity contribution in [2.45, 2.75) is 104 Å². The topological polar surface area (TPSA) is 37.3 Å². The molecule has 0 bridgehead atoms. The first kappa shape index (κ1) is 21.2. The van der Waals surface area contributed by atoms with Gasteiger partial charge in [0.15, 0.2) is 0 Å². The van der Waals surface area contributed by atoms with Crippen molar-refractivity contribution >= 4 is 5.97 Å². The molecule has 0 unspecified atom stereocenters. The molecule has 2 heteroatoms. The quantitative estimate of drug-likeness (QED) is 0.253. The Labute approximate surface area is 138 Å². The second-order valence-electron chi connectivity index (χ2n) is 6.70. The Morgan fingerprint density at radius 1 is 0.864 bits per heavy atom. The lowest BCUT2D eigenvalue weighted by Gasteiger charge is -2.08. The maximum absolute atomic E-state index is 10.4. The Morgan fingerprint density at radius 2 is 1.41 bits per heavy atom. The maximum Gasteiger partial charge on any atom is 0.303 e. The minimum Gasteiger partial charge on any atom is -0.481 e. The molecule has 22 heavy (non-hydrogen) atoms. The molecule has 0 saturated heterocycles. The van der Waals surface area contributed by atoms with Gasteiger partial charge in [-0.15, -0.1) is 0 Å². The Bertz CT molecular complexity index is 271. The summed E-state index contributed by atoms with van der Waals surface area (Å²) in [5.41, 5.74) is 0. The Balaban J connectivity index is 3.16. The number of rotatable bonds is 16.